The molecule has 1 unspecified atom stereocenters. The van der Waals surface area contributed by atoms with Crippen LogP contribution in [0.15, 0.2) is 70.7 Å². The van der Waals surface area contributed by atoms with Crippen molar-refractivity contribution in [3.8, 4) is 11.1 Å². The Morgan fingerprint density at radius 2 is 1.52 bits per heavy atom. The summed E-state index contributed by atoms with van der Waals surface area (Å²) in [5.41, 5.74) is 7.11. The first-order valence-electron chi connectivity index (χ1n) is 9.85. The van der Waals surface area contributed by atoms with E-state index >= 15 is 0 Å². The van der Waals surface area contributed by atoms with Gasteiger partial charge in [0.2, 0.25) is 0 Å². The number of allylic oxidation sites excluding steroid dienone is 4. The minimum absolute atomic E-state index is 0.182. The molecule has 1 atom stereocenters. The third-order valence-electron chi connectivity index (χ3n) is 5.46. The molecule has 0 saturated carbocycles. The Bertz CT molecular complexity index is 868. The molecule has 142 valence electrons. The van der Waals surface area contributed by atoms with Crippen molar-refractivity contribution in [2.45, 2.75) is 59.3 Å². The first-order chi connectivity index (χ1) is 12.6. The van der Waals surface area contributed by atoms with Crippen LogP contribution in [0.3, 0.4) is 0 Å². The van der Waals surface area contributed by atoms with Crippen LogP contribution >= 0.6 is 15.9 Å². The summed E-state index contributed by atoms with van der Waals surface area (Å²) in [6.07, 6.45) is 8.15. The van der Waals surface area contributed by atoms with Gasteiger partial charge in [-0.25, -0.2) is 0 Å². The predicted octanol–water partition coefficient (Wildman–Crippen LogP) is 8.43. The van der Waals surface area contributed by atoms with Gasteiger partial charge in [-0.3, -0.25) is 0 Å². The Morgan fingerprint density at radius 1 is 0.852 bits per heavy atom. The second-order valence-corrected chi connectivity index (χ2v) is 10.4. The van der Waals surface area contributed by atoms with Crippen molar-refractivity contribution in [1.82, 2.24) is 0 Å². The lowest BCUT2D eigenvalue weighted by Gasteiger charge is -2.26. The maximum Gasteiger partial charge on any atom is 0.0291 e. The van der Waals surface area contributed by atoms with Crippen LogP contribution in [-0.4, -0.2) is 0 Å². The summed E-state index contributed by atoms with van der Waals surface area (Å²) in [5, 5.41) is 0. The Balaban J connectivity index is 1.90. The molecule has 2 aromatic rings. The number of hydrogen-bond acceptors (Lipinski definition) is 0. The number of hydrogen-bond donors (Lipinski definition) is 0. The molecule has 0 saturated heterocycles. The van der Waals surface area contributed by atoms with Gasteiger partial charge in [0.05, 0.1) is 0 Å². The largest absolute Gasteiger partial charge is 0.0799 e. The van der Waals surface area contributed by atoms with E-state index in [1.807, 2.05) is 0 Å². The molecule has 0 heterocycles. The first-order valence-corrected chi connectivity index (χ1v) is 10.6. The topological polar surface area (TPSA) is 0 Å². The van der Waals surface area contributed by atoms with Crippen LogP contribution in [0.4, 0.5) is 0 Å². The highest BCUT2D eigenvalue weighted by atomic mass is 79.9. The molecule has 3 rings (SSSR count). The smallest absolute Gasteiger partial charge is 0.0291 e. The van der Waals surface area contributed by atoms with Gasteiger partial charge in [0.25, 0.3) is 0 Å². The van der Waals surface area contributed by atoms with Crippen LogP contribution in [-0.2, 0) is 5.41 Å². The van der Waals surface area contributed by atoms with Gasteiger partial charge in [0, 0.05) is 10.4 Å². The summed E-state index contributed by atoms with van der Waals surface area (Å²) in [7, 11) is 0. The second kappa shape index (κ2) is 7.43. The van der Waals surface area contributed by atoms with Gasteiger partial charge in [0.15, 0.2) is 0 Å². The van der Waals surface area contributed by atoms with E-state index in [1.165, 1.54) is 32.3 Å². The summed E-state index contributed by atoms with van der Waals surface area (Å²) in [4.78, 5) is 0. The summed E-state index contributed by atoms with van der Waals surface area (Å²) in [6, 6.07) is 15.7. The second-order valence-electron chi connectivity index (χ2n) is 9.65. The van der Waals surface area contributed by atoms with Crippen molar-refractivity contribution in [3.05, 3.63) is 81.9 Å². The summed E-state index contributed by atoms with van der Waals surface area (Å²) in [5.74, 6) is 0.430. The lowest BCUT2D eigenvalue weighted by atomic mass is 9.80. The Morgan fingerprint density at radius 3 is 2.04 bits per heavy atom. The molecule has 0 aliphatic heterocycles. The van der Waals surface area contributed by atoms with Gasteiger partial charge in [-0.2, -0.15) is 0 Å². The summed E-state index contributed by atoms with van der Waals surface area (Å²) < 4.78 is 1.22. The molecule has 1 heteroatoms. The number of halogens is 1. The van der Waals surface area contributed by atoms with Crippen LogP contribution in [0.1, 0.15) is 65.0 Å². The zero-order valence-electron chi connectivity index (χ0n) is 17.4. The first kappa shape index (κ1) is 20.1. The standard InChI is InChI=1S/C26H31Br/c1-25(2,3)20-14-10-18(11-15-20)22-8-7-9-23(24(22)27)19-12-16-21(17-13-19)26(4,5)6/h7-12,14-17,19H,13H2,1-6H3. The van der Waals surface area contributed by atoms with Crippen LogP contribution in [0, 0.1) is 5.41 Å². The van der Waals surface area contributed by atoms with Crippen LogP contribution in [0.2, 0.25) is 0 Å². The highest BCUT2D eigenvalue weighted by molar-refractivity contribution is 9.10. The SMILES string of the molecule is CC(C)(C)C1=CCC(c2cccc(-c3ccc(C(C)(C)C)cc3)c2Br)C=C1. The molecule has 1 aliphatic carbocycles. The van der Waals surface area contributed by atoms with Crippen LogP contribution < -0.4 is 0 Å². The van der Waals surface area contributed by atoms with E-state index in [1.54, 1.807) is 0 Å². The van der Waals surface area contributed by atoms with E-state index in [2.05, 4.69) is 118 Å². The Kier molecular flexibility index (Phi) is 5.54. The molecule has 2 aromatic carbocycles. The molecule has 27 heavy (non-hydrogen) atoms. The Labute approximate surface area is 173 Å². The zero-order valence-corrected chi connectivity index (χ0v) is 19.0. The molecule has 0 fully saturated rings. The average molecular weight is 423 g/mol. The average Bonchev–Trinajstić information content (AvgIpc) is 2.61. The van der Waals surface area contributed by atoms with E-state index in [0.29, 0.717) is 5.92 Å². The van der Waals surface area contributed by atoms with E-state index in [0.717, 1.165) is 6.42 Å². The molecule has 0 bridgehead atoms. The fourth-order valence-corrected chi connectivity index (χ4v) is 4.40. The minimum Gasteiger partial charge on any atom is -0.0799 e. The summed E-state index contributed by atoms with van der Waals surface area (Å²) >= 11 is 3.91. The van der Waals surface area contributed by atoms with Crippen LogP contribution in [0.5, 0.6) is 0 Å². The molecular weight excluding hydrogens is 392 g/mol. The van der Waals surface area contributed by atoms with E-state index in [-0.39, 0.29) is 10.8 Å². The van der Waals surface area contributed by atoms with Crippen molar-refractivity contribution in [3.63, 3.8) is 0 Å². The molecule has 0 radical (unpaired) electrons. The number of rotatable bonds is 2. The predicted molar refractivity (Wildman–Crippen MR) is 122 cm³/mol. The van der Waals surface area contributed by atoms with Crippen molar-refractivity contribution in [2.75, 3.05) is 0 Å². The molecule has 1 aliphatic rings. The van der Waals surface area contributed by atoms with E-state index in [9.17, 15) is 0 Å². The lowest BCUT2D eigenvalue weighted by Crippen LogP contribution is -2.11. The number of benzene rings is 2. The molecule has 0 nitrogen and oxygen atoms in total. The van der Waals surface area contributed by atoms with Crippen molar-refractivity contribution < 1.29 is 0 Å². The van der Waals surface area contributed by atoms with Crippen molar-refractivity contribution in [2.24, 2.45) is 5.41 Å². The van der Waals surface area contributed by atoms with Gasteiger partial charge in [-0.05, 0) is 61.0 Å². The fraction of sp³-hybridized carbons (Fsp3) is 0.385. The van der Waals surface area contributed by atoms with Gasteiger partial charge in [-0.15, -0.1) is 0 Å². The van der Waals surface area contributed by atoms with Crippen molar-refractivity contribution in [1.29, 1.82) is 0 Å². The summed E-state index contributed by atoms with van der Waals surface area (Å²) in [6.45, 7) is 13.6. The minimum atomic E-state index is 0.182. The molecule has 0 amide bonds. The highest BCUT2D eigenvalue weighted by Gasteiger charge is 2.21. The molecule has 0 aromatic heterocycles. The van der Waals surface area contributed by atoms with E-state index < -0.39 is 0 Å². The molecule has 0 N–H and O–H groups in total. The van der Waals surface area contributed by atoms with E-state index in [4.69, 9.17) is 0 Å². The van der Waals surface area contributed by atoms with Gasteiger partial charge >= 0.3 is 0 Å². The third kappa shape index (κ3) is 4.46. The molecular formula is C26H31Br. The van der Waals surface area contributed by atoms with Crippen LogP contribution in [0.25, 0.3) is 11.1 Å². The maximum atomic E-state index is 3.91. The fourth-order valence-electron chi connectivity index (χ4n) is 3.62. The lowest BCUT2D eigenvalue weighted by molar-refractivity contribution is 0.510. The quantitative estimate of drug-likeness (QED) is 0.455. The van der Waals surface area contributed by atoms with Gasteiger partial charge < -0.3 is 0 Å². The highest BCUT2D eigenvalue weighted by Crippen LogP contribution is 2.40. The third-order valence-corrected chi connectivity index (χ3v) is 6.34. The van der Waals surface area contributed by atoms with Crippen molar-refractivity contribution >= 4 is 15.9 Å². The maximum absolute atomic E-state index is 3.91. The zero-order chi connectivity index (χ0) is 19.8. The van der Waals surface area contributed by atoms with Gasteiger partial charge in [0.1, 0.15) is 0 Å². The van der Waals surface area contributed by atoms with Gasteiger partial charge in [-0.1, -0.05) is 102 Å². The monoisotopic (exact) mass is 422 g/mol. The normalized spacial score (nSPS) is 17.7. The molecule has 0 spiro atoms. The Hall–Kier alpha value is -1.60.